The summed E-state index contributed by atoms with van der Waals surface area (Å²) in [7, 11) is 0. The van der Waals surface area contributed by atoms with Gasteiger partial charge in [0.2, 0.25) is 0 Å². The molecule has 1 unspecified atom stereocenters. The second kappa shape index (κ2) is 4.83. The van der Waals surface area contributed by atoms with Crippen molar-refractivity contribution < 1.29 is 29.2 Å². The molecule has 0 aromatic carbocycles. The molecule has 6 heteroatoms. The van der Waals surface area contributed by atoms with E-state index >= 15 is 0 Å². The molecule has 2 spiro atoms. The van der Waals surface area contributed by atoms with Crippen LogP contribution in [-0.2, 0) is 19.0 Å². The maximum Gasteiger partial charge on any atom is 0.312 e. The Labute approximate surface area is 154 Å². The molecular weight excluding hydrogens is 336 g/mol. The van der Waals surface area contributed by atoms with Crippen LogP contribution >= 0.6 is 0 Å². The predicted octanol–water partition coefficient (Wildman–Crippen LogP) is 1.91. The van der Waals surface area contributed by atoms with E-state index in [4.69, 9.17) is 14.2 Å². The molecule has 0 amide bonds. The van der Waals surface area contributed by atoms with E-state index in [1.165, 1.54) is 0 Å². The number of ether oxygens (including phenoxy) is 3. The van der Waals surface area contributed by atoms with Crippen LogP contribution in [0.4, 0.5) is 0 Å². The Balaban J connectivity index is 1.62. The molecule has 0 radical (unpaired) electrons. The lowest BCUT2D eigenvalue weighted by Crippen LogP contribution is -2.72. The summed E-state index contributed by atoms with van der Waals surface area (Å²) in [6, 6.07) is 0. The van der Waals surface area contributed by atoms with Crippen molar-refractivity contribution in [3.05, 3.63) is 0 Å². The number of esters is 1. The molecule has 5 aliphatic rings. The highest BCUT2D eigenvalue weighted by Crippen LogP contribution is 2.71. The van der Waals surface area contributed by atoms with Crippen molar-refractivity contribution in [1.29, 1.82) is 0 Å². The van der Waals surface area contributed by atoms with Crippen molar-refractivity contribution in [2.24, 2.45) is 16.7 Å². The van der Waals surface area contributed by atoms with Crippen LogP contribution in [0, 0.1) is 16.7 Å². The third-order valence-corrected chi connectivity index (χ3v) is 8.66. The van der Waals surface area contributed by atoms with Crippen molar-refractivity contribution >= 4 is 5.97 Å². The molecule has 2 aliphatic carbocycles. The Morgan fingerprint density at radius 3 is 2.54 bits per heavy atom. The van der Waals surface area contributed by atoms with Gasteiger partial charge in [0.05, 0.1) is 23.2 Å². The van der Waals surface area contributed by atoms with Crippen molar-refractivity contribution in [2.75, 3.05) is 6.61 Å². The van der Waals surface area contributed by atoms with Crippen LogP contribution in [0.5, 0.6) is 0 Å². The molecule has 2 saturated carbocycles. The van der Waals surface area contributed by atoms with Gasteiger partial charge in [-0.2, -0.15) is 0 Å². The number of carbonyl (C=O) groups excluding carboxylic acids is 1. The number of aliphatic hydroxyl groups is 2. The number of fused-ring (bicyclic) bond motifs is 1. The molecule has 6 nitrogen and oxygen atoms in total. The van der Waals surface area contributed by atoms with E-state index in [-0.39, 0.29) is 23.4 Å². The van der Waals surface area contributed by atoms with Crippen molar-refractivity contribution in [2.45, 2.75) is 94.9 Å². The van der Waals surface area contributed by atoms with E-state index in [9.17, 15) is 15.0 Å². The van der Waals surface area contributed by atoms with Crippen molar-refractivity contribution in [3.63, 3.8) is 0 Å². The van der Waals surface area contributed by atoms with Crippen molar-refractivity contribution in [1.82, 2.24) is 0 Å². The first kappa shape index (κ1) is 17.4. The zero-order valence-corrected chi connectivity index (χ0v) is 15.9. The summed E-state index contributed by atoms with van der Waals surface area (Å²) < 4.78 is 18.0. The van der Waals surface area contributed by atoms with E-state index in [2.05, 4.69) is 6.92 Å². The molecule has 3 heterocycles. The minimum Gasteiger partial charge on any atom is -0.461 e. The van der Waals surface area contributed by atoms with Gasteiger partial charge in [-0.1, -0.05) is 13.3 Å². The highest BCUT2D eigenvalue weighted by Gasteiger charge is 2.78. The Bertz CT molecular complexity index is 663. The zero-order valence-electron chi connectivity index (χ0n) is 15.9. The van der Waals surface area contributed by atoms with Gasteiger partial charge in [-0.15, -0.1) is 0 Å². The molecule has 5 rings (SSSR count). The quantitative estimate of drug-likeness (QED) is 0.637. The first-order valence-electron chi connectivity index (χ1n) is 10.0. The van der Waals surface area contributed by atoms with Gasteiger partial charge in [-0.05, 0) is 39.5 Å². The summed E-state index contributed by atoms with van der Waals surface area (Å²) in [5.74, 6) is -0.0579. The van der Waals surface area contributed by atoms with Gasteiger partial charge in [0.15, 0.2) is 6.29 Å². The third-order valence-electron chi connectivity index (χ3n) is 8.66. The van der Waals surface area contributed by atoms with Gasteiger partial charge in [0.1, 0.15) is 11.7 Å². The maximum atomic E-state index is 12.7. The largest absolute Gasteiger partial charge is 0.461 e. The fourth-order valence-corrected chi connectivity index (χ4v) is 7.60. The monoisotopic (exact) mass is 366 g/mol. The van der Waals surface area contributed by atoms with Gasteiger partial charge in [0, 0.05) is 24.2 Å². The fourth-order valence-electron chi connectivity index (χ4n) is 7.60. The number of rotatable bonds is 0. The first-order valence-corrected chi connectivity index (χ1v) is 10.0. The second-order valence-corrected chi connectivity index (χ2v) is 10.2. The highest BCUT2D eigenvalue weighted by molar-refractivity contribution is 5.80. The molecule has 8 atom stereocenters. The molecule has 3 saturated heterocycles. The first-order chi connectivity index (χ1) is 12.1. The Hall–Kier alpha value is -0.690. The molecule has 2 N–H and O–H groups in total. The summed E-state index contributed by atoms with van der Waals surface area (Å²) in [4.78, 5) is 12.7. The minimum atomic E-state index is -1.09. The van der Waals surface area contributed by atoms with Crippen molar-refractivity contribution in [3.8, 4) is 0 Å². The average Bonchev–Trinajstić information content (AvgIpc) is 3.17. The summed E-state index contributed by atoms with van der Waals surface area (Å²) in [6.07, 6.45) is 3.98. The van der Waals surface area contributed by atoms with E-state index < -0.39 is 28.5 Å². The number of hydrogen-bond donors (Lipinski definition) is 2. The van der Waals surface area contributed by atoms with Gasteiger partial charge in [-0.25, -0.2) is 0 Å². The summed E-state index contributed by atoms with van der Waals surface area (Å²) >= 11 is 0. The lowest BCUT2D eigenvalue weighted by atomic mass is 9.43. The maximum absolute atomic E-state index is 12.7. The number of hydrogen-bond acceptors (Lipinski definition) is 6. The molecule has 146 valence electrons. The molecular formula is C20H30O6. The number of carbonyl (C=O) groups is 1. The molecule has 5 fully saturated rings. The van der Waals surface area contributed by atoms with Crippen LogP contribution in [-0.4, -0.2) is 52.0 Å². The molecule has 3 aliphatic heterocycles. The van der Waals surface area contributed by atoms with E-state index in [0.717, 1.165) is 32.1 Å². The lowest BCUT2D eigenvalue weighted by molar-refractivity contribution is -0.303. The van der Waals surface area contributed by atoms with E-state index in [1.807, 2.05) is 13.8 Å². The lowest BCUT2D eigenvalue weighted by Gasteiger charge is -2.64. The van der Waals surface area contributed by atoms with Crippen LogP contribution < -0.4 is 0 Å². The van der Waals surface area contributed by atoms with Gasteiger partial charge in [-0.3, -0.25) is 4.79 Å². The Morgan fingerprint density at radius 2 is 1.85 bits per heavy atom. The molecule has 0 bridgehead atoms. The zero-order chi connectivity index (χ0) is 18.6. The SMILES string of the molecule is C[C@]1(O)C[C@H]2OC(=O)[C@@]3(C)CCC[C@@](C)([C@@H]23)[C@@]12CC[C@@]1(COC(O)C1)O2. The van der Waals surface area contributed by atoms with Gasteiger partial charge < -0.3 is 24.4 Å². The van der Waals surface area contributed by atoms with Gasteiger partial charge in [0.25, 0.3) is 0 Å². The second-order valence-electron chi connectivity index (χ2n) is 10.2. The third kappa shape index (κ3) is 1.80. The van der Waals surface area contributed by atoms with Crippen LogP contribution in [0.25, 0.3) is 0 Å². The van der Waals surface area contributed by atoms with E-state index in [1.54, 1.807) is 0 Å². The fraction of sp³-hybridized carbons (Fsp3) is 0.950. The standard InChI is InChI=1S/C20H30O6/c1-16-5-4-6-17(2)14(16)12(25-15(16)22)9-18(3,23)20(17)8-7-19(26-20)10-13(21)24-11-19/h12-14,21,23H,4-11H2,1-3H3/t12-,13?,14+,16+,17+,18+,19-,20+/m1/s1. The summed E-state index contributed by atoms with van der Waals surface area (Å²) in [5.41, 5.74) is -3.22. The highest BCUT2D eigenvalue weighted by atomic mass is 16.6. The summed E-state index contributed by atoms with van der Waals surface area (Å²) in [5, 5.41) is 21.5. The minimum absolute atomic E-state index is 0.0545. The normalized spacial score (nSPS) is 61.3. The molecule has 0 aromatic rings. The van der Waals surface area contributed by atoms with Crippen LogP contribution in [0.1, 0.15) is 65.7 Å². The van der Waals surface area contributed by atoms with Gasteiger partial charge >= 0.3 is 5.97 Å². The van der Waals surface area contributed by atoms with Crippen LogP contribution in [0.15, 0.2) is 0 Å². The molecule has 26 heavy (non-hydrogen) atoms. The van der Waals surface area contributed by atoms with Crippen LogP contribution in [0.3, 0.4) is 0 Å². The summed E-state index contributed by atoms with van der Waals surface area (Å²) in [6.45, 7) is 6.45. The topological polar surface area (TPSA) is 85.2 Å². The average molecular weight is 366 g/mol. The Kier molecular flexibility index (Phi) is 3.23. The van der Waals surface area contributed by atoms with E-state index in [0.29, 0.717) is 19.4 Å². The number of aliphatic hydroxyl groups excluding tert-OH is 1. The Morgan fingerprint density at radius 1 is 1.08 bits per heavy atom. The smallest absolute Gasteiger partial charge is 0.312 e. The predicted molar refractivity (Wildman–Crippen MR) is 91.0 cm³/mol. The molecule has 0 aromatic heterocycles. The van der Waals surface area contributed by atoms with Crippen LogP contribution in [0.2, 0.25) is 0 Å².